The molecule has 0 aliphatic heterocycles. The maximum absolute atomic E-state index is 12.2. The van der Waals surface area contributed by atoms with E-state index in [0.29, 0.717) is 16.4 Å². The summed E-state index contributed by atoms with van der Waals surface area (Å²) >= 11 is 1.31. The third kappa shape index (κ3) is 2.40. The molecule has 7 nitrogen and oxygen atoms in total. The van der Waals surface area contributed by atoms with Gasteiger partial charge in [-0.25, -0.2) is 4.98 Å². The third-order valence-electron chi connectivity index (χ3n) is 3.02. The van der Waals surface area contributed by atoms with E-state index in [1.165, 1.54) is 41.2 Å². The van der Waals surface area contributed by atoms with E-state index in [-0.39, 0.29) is 11.3 Å². The van der Waals surface area contributed by atoms with Crippen molar-refractivity contribution >= 4 is 27.9 Å². The monoisotopic (exact) mass is 317 g/mol. The van der Waals surface area contributed by atoms with Gasteiger partial charge in [-0.2, -0.15) is 0 Å². The van der Waals surface area contributed by atoms with Crippen molar-refractivity contribution in [1.29, 1.82) is 0 Å². The van der Waals surface area contributed by atoms with Crippen LogP contribution in [0.25, 0.3) is 4.96 Å². The lowest BCUT2D eigenvalue weighted by atomic mass is 10.2. The lowest BCUT2D eigenvalue weighted by Crippen LogP contribution is -2.25. The molecule has 3 rings (SSSR count). The average Bonchev–Trinajstić information content (AvgIpc) is 2.97. The van der Waals surface area contributed by atoms with Crippen molar-refractivity contribution in [1.82, 2.24) is 9.38 Å². The van der Waals surface area contributed by atoms with Crippen molar-refractivity contribution in [3.05, 3.63) is 51.9 Å². The number of rotatable bonds is 3. The second-order valence-corrected chi connectivity index (χ2v) is 5.25. The second kappa shape index (κ2) is 5.49. The second-order valence-electron chi connectivity index (χ2n) is 4.37. The first-order chi connectivity index (χ1) is 10.6. The van der Waals surface area contributed by atoms with Crippen LogP contribution in [0, 0.1) is 0 Å². The number of hydrogen-bond donors (Lipinski definition) is 2. The first kappa shape index (κ1) is 14.1. The number of thiazole rings is 1. The number of fused-ring (bicyclic) bond motifs is 1. The van der Waals surface area contributed by atoms with Gasteiger partial charge in [-0.1, -0.05) is 0 Å². The molecule has 3 aromatic rings. The van der Waals surface area contributed by atoms with E-state index in [2.05, 4.69) is 10.3 Å². The molecule has 22 heavy (non-hydrogen) atoms. The zero-order valence-corrected chi connectivity index (χ0v) is 12.3. The van der Waals surface area contributed by atoms with Crippen molar-refractivity contribution in [3.8, 4) is 11.5 Å². The summed E-state index contributed by atoms with van der Waals surface area (Å²) in [6.07, 6.45) is 2.80. The molecule has 0 bridgehead atoms. The van der Waals surface area contributed by atoms with Crippen LogP contribution in [0.4, 0.5) is 5.69 Å². The SMILES string of the molecule is COc1ccc(NC(=O)c2cnc3sccn3c2=O)cc1O. The molecular weight excluding hydrogens is 306 g/mol. The summed E-state index contributed by atoms with van der Waals surface area (Å²) in [7, 11) is 1.43. The number of ether oxygens (including phenoxy) is 1. The Morgan fingerprint density at radius 3 is 3.00 bits per heavy atom. The summed E-state index contributed by atoms with van der Waals surface area (Å²) in [5, 5.41) is 13.9. The van der Waals surface area contributed by atoms with Gasteiger partial charge in [0.1, 0.15) is 5.56 Å². The van der Waals surface area contributed by atoms with Crippen LogP contribution < -0.4 is 15.6 Å². The number of amides is 1. The normalized spacial score (nSPS) is 10.6. The van der Waals surface area contributed by atoms with Crippen molar-refractivity contribution < 1.29 is 14.6 Å². The van der Waals surface area contributed by atoms with Crippen molar-refractivity contribution in [2.75, 3.05) is 12.4 Å². The van der Waals surface area contributed by atoms with E-state index in [0.717, 1.165) is 0 Å². The molecular formula is C14H11N3O4S. The van der Waals surface area contributed by atoms with Gasteiger partial charge in [0.15, 0.2) is 16.5 Å². The Balaban J connectivity index is 1.91. The zero-order chi connectivity index (χ0) is 15.7. The Morgan fingerprint density at radius 1 is 1.45 bits per heavy atom. The number of aromatic hydroxyl groups is 1. The van der Waals surface area contributed by atoms with Gasteiger partial charge in [0.05, 0.1) is 7.11 Å². The topological polar surface area (TPSA) is 92.9 Å². The lowest BCUT2D eigenvalue weighted by molar-refractivity contribution is 0.102. The van der Waals surface area contributed by atoms with Gasteiger partial charge in [0.2, 0.25) is 0 Å². The van der Waals surface area contributed by atoms with Crippen LogP contribution >= 0.6 is 11.3 Å². The van der Waals surface area contributed by atoms with Crippen LogP contribution in [-0.2, 0) is 0 Å². The molecule has 112 valence electrons. The van der Waals surface area contributed by atoms with Gasteiger partial charge in [-0.05, 0) is 12.1 Å². The van der Waals surface area contributed by atoms with E-state index >= 15 is 0 Å². The van der Waals surface area contributed by atoms with Gasteiger partial charge in [-0.3, -0.25) is 14.0 Å². The van der Waals surface area contributed by atoms with Crippen LogP contribution in [-0.4, -0.2) is 27.5 Å². The largest absolute Gasteiger partial charge is 0.504 e. The van der Waals surface area contributed by atoms with E-state index in [9.17, 15) is 14.7 Å². The molecule has 2 N–H and O–H groups in total. The minimum atomic E-state index is -0.595. The first-order valence-corrected chi connectivity index (χ1v) is 7.11. The molecule has 0 spiro atoms. The Bertz CT molecular complexity index is 916. The molecule has 0 fully saturated rings. The number of nitrogens with one attached hydrogen (secondary N) is 1. The highest BCUT2D eigenvalue weighted by Gasteiger charge is 2.14. The number of carbonyl (C=O) groups is 1. The molecule has 0 saturated heterocycles. The third-order valence-corrected chi connectivity index (χ3v) is 3.79. The van der Waals surface area contributed by atoms with Gasteiger partial charge < -0.3 is 15.2 Å². The van der Waals surface area contributed by atoms with E-state index in [1.807, 2.05) is 0 Å². The highest BCUT2D eigenvalue weighted by Crippen LogP contribution is 2.28. The standard InChI is InChI=1S/C14H11N3O4S/c1-21-11-3-2-8(6-10(11)18)16-12(19)9-7-15-14-17(13(9)20)4-5-22-14/h2-7,18H,1H3,(H,16,19). The van der Waals surface area contributed by atoms with Crippen LogP contribution in [0.15, 0.2) is 40.8 Å². The lowest BCUT2D eigenvalue weighted by Gasteiger charge is -2.07. The number of methoxy groups -OCH3 is 1. The minimum absolute atomic E-state index is 0.0776. The van der Waals surface area contributed by atoms with Crippen molar-refractivity contribution in [2.45, 2.75) is 0 Å². The fourth-order valence-corrected chi connectivity index (χ4v) is 2.62. The maximum Gasteiger partial charge on any atom is 0.271 e. The van der Waals surface area contributed by atoms with E-state index in [4.69, 9.17) is 4.74 Å². The Morgan fingerprint density at radius 2 is 2.27 bits per heavy atom. The number of carbonyl (C=O) groups excluding carboxylic acids is 1. The molecule has 0 atom stereocenters. The van der Waals surface area contributed by atoms with Crippen LogP contribution in [0.2, 0.25) is 0 Å². The quantitative estimate of drug-likeness (QED) is 0.767. The van der Waals surface area contributed by atoms with Crippen molar-refractivity contribution in [2.24, 2.45) is 0 Å². The fourth-order valence-electron chi connectivity index (χ4n) is 1.95. The minimum Gasteiger partial charge on any atom is -0.504 e. The van der Waals surface area contributed by atoms with Crippen molar-refractivity contribution in [3.63, 3.8) is 0 Å². The van der Waals surface area contributed by atoms with E-state index in [1.54, 1.807) is 17.6 Å². The molecule has 0 unspecified atom stereocenters. The first-order valence-electron chi connectivity index (χ1n) is 6.23. The van der Waals surface area contributed by atoms with Gasteiger partial charge in [0.25, 0.3) is 11.5 Å². The molecule has 2 heterocycles. The highest BCUT2D eigenvalue weighted by atomic mass is 32.1. The molecule has 1 aromatic carbocycles. The maximum atomic E-state index is 12.2. The molecule has 0 aliphatic carbocycles. The molecule has 0 aliphatic rings. The smallest absolute Gasteiger partial charge is 0.271 e. The number of nitrogens with zero attached hydrogens (tertiary/aromatic N) is 2. The van der Waals surface area contributed by atoms with Gasteiger partial charge >= 0.3 is 0 Å². The Hall–Kier alpha value is -2.87. The number of hydrogen-bond acceptors (Lipinski definition) is 6. The number of aromatic nitrogens is 2. The zero-order valence-electron chi connectivity index (χ0n) is 11.4. The summed E-state index contributed by atoms with van der Waals surface area (Å²) in [5.74, 6) is -0.412. The number of benzene rings is 1. The van der Waals surface area contributed by atoms with E-state index < -0.39 is 11.5 Å². The predicted octanol–water partition coefficient (Wildman–Crippen LogP) is 1.72. The summed E-state index contributed by atoms with van der Waals surface area (Å²) in [4.78, 5) is 29.0. The summed E-state index contributed by atoms with van der Waals surface area (Å²) < 4.78 is 6.23. The van der Waals surface area contributed by atoms with Crippen LogP contribution in [0.5, 0.6) is 11.5 Å². The molecule has 0 saturated carbocycles. The fraction of sp³-hybridized carbons (Fsp3) is 0.0714. The van der Waals surface area contributed by atoms with Gasteiger partial charge in [0, 0.05) is 29.5 Å². The van der Waals surface area contributed by atoms with Gasteiger partial charge in [-0.15, -0.1) is 11.3 Å². The number of phenolic OH excluding ortho intramolecular Hbond substituents is 1. The Kier molecular flexibility index (Phi) is 3.51. The predicted molar refractivity (Wildman–Crippen MR) is 82.0 cm³/mol. The number of phenols is 1. The molecule has 1 amide bonds. The highest BCUT2D eigenvalue weighted by molar-refractivity contribution is 7.15. The van der Waals surface area contributed by atoms with Crippen LogP contribution in [0.3, 0.4) is 0 Å². The summed E-state index contributed by atoms with van der Waals surface area (Å²) in [6.45, 7) is 0. The van der Waals surface area contributed by atoms with Crippen LogP contribution in [0.1, 0.15) is 10.4 Å². The summed E-state index contributed by atoms with van der Waals surface area (Å²) in [6, 6.07) is 4.41. The average molecular weight is 317 g/mol. The number of anilines is 1. The Labute approximate surface area is 128 Å². The molecule has 0 radical (unpaired) electrons. The molecule has 8 heteroatoms. The molecule has 2 aromatic heterocycles. The summed E-state index contributed by atoms with van der Waals surface area (Å²) in [5.41, 5.74) is -0.175.